The van der Waals surface area contributed by atoms with Crippen molar-refractivity contribution >= 4 is 6.09 Å². The van der Waals surface area contributed by atoms with Crippen LogP contribution in [0.2, 0.25) is 0 Å². The van der Waals surface area contributed by atoms with E-state index in [0.717, 1.165) is 50.2 Å². The van der Waals surface area contributed by atoms with Gasteiger partial charge in [-0.1, -0.05) is 36.4 Å². The molecule has 1 unspecified atom stereocenters. The molecule has 3 fully saturated rings. The lowest BCUT2D eigenvalue weighted by molar-refractivity contribution is -0.0462. The summed E-state index contributed by atoms with van der Waals surface area (Å²) in [5, 5.41) is 0. The van der Waals surface area contributed by atoms with Crippen LogP contribution in [0.25, 0.3) is 0 Å². The zero-order chi connectivity index (χ0) is 19.8. The Kier molecular flexibility index (Phi) is 4.92. The van der Waals surface area contributed by atoms with E-state index in [1.54, 1.807) is 7.11 Å². The van der Waals surface area contributed by atoms with Crippen molar-refractivity contribution in [3.8, 4) is 5.75 Å². The molecule has 4 aliphatic heterocycles. The van der Waals surface area contributed by atoms with Gasteiger partial charge in [0.05, 0.1) is 13.2 Å². The molecule has 2 aromatic carbocycles. The van der Waals surface area contributed by atoms with Crippen molar-refractivity contribution in [2.24, 2.45) is 5.92 Å². The first kappa shape index (κ1) is 18.5. The van der Waals surface area contributed by atoms with Crippen LogP contribution in [0.15, 0.2) is 48.5 Å². The van der Waals surface area contributed by atoms with E-state index in [1.165, 1.54) is 11.1 Å². The highest BCUT2D eigenvalue weighted by Crippen LogP contribution is 2.37. The number of piperidine rings is 3. The fourth-order valence-corrected chi connectivity index (χ4v) is 5.15. The Hall–Kier alpha value is -2.53. The highest BCUT2D eigenvalue weighted by molar-refractivity contribution is 5.70. The van der Waals surface area contributed by atoms with Gasteiger partial charge in [0.25, 0.3) is 0 Å². The first-order chi connectivity index (χ1) is 14.2. The maximum Gasteiger partial charge on any atom is 0.410 e. The number of hydrogen-bond donors (Lipinski definition) is 0. The van der Waals surface area contributed by atoms with E-state index in [-0.39, 0.29) is 18.2 Å². The number of carbonyl (C=O) groups is 1. The topological polar surface area (TPSA) is 42.0 Å². The van der Waals surface area contributed by atoms with Gasteiger partial charge in [-0.25, -0.2) is 4.79 Å². The third kappa shape index (κ3) is 3.48. The van der Waals surface area contributed by atoms with Gasteiger partial charge in [0.15, 0.2) is 0 Å². The van der Waals surface area contributed by atoms with Gasteiger partial charge in [-0.15, -0.1) is 0 Å². The lowest BCUT2D eigenvalue weighted by Gasteiger charge is -2.45. The molecule has 5 nitrogen and oxygen atoms in total. The largest absolute Gasteiger partial charge is 0.497 e. The van der Waals surface area contributed by atoms with E-state index < -0.39 is 0 Å². The lowest BCUT2D eigenvalue weighted by Crippen LogP contribution is -2.53. The van der Waals surface area contributed by atoms with E-state index >= 15 is 0 Å². The summed E-state index contributed by atoms with van der Waals surface area (Å²) in [4.78, 5) is 17.7. The highest BCUT2D eigenvalue weighted by Gasteiger charge is 2.39. The molecule has 4 aliphatic rings. The number of nitrogens with zero attached hydrogens (tertiary/aromatic N) is 2. The van der Waals surface area contributed by atoms with Crippen LogP contribution in [0.3, 0.4) is 0 Å². The number of rotatable bonds is 3. The van der Waals surface area contributed by atoms with Crippen LogP contribution in [0, 0.1) is 5.92 Å². The molecule has 3 saturated heterocycles. The standard InChI is InChI=1S/C24H28N2O3/c1-28-20-8-6-19(7-9-20)23-21-5-3-2-4-17(21)12-15-26(23)24(27)29-22-16-25-13-10-18(22)11-14-25/h2-9,18,22-23H,10-16H2,1H3/t22?,23-/m0/s1. The molecular weight excluding hydrogens is 364 g/mol. The molecule has 2 bridgehead atoms. The number of carbonyl (C=O) groups excluding carboxylic acids is 1. The van der Waals surface area contributed by atoms with Gasteiger partial charge in [-0.05, 0) is 67.1 Å². The van der Waals surface area contributed by atoms with E-state index in [1.807, 2.05) is 17.0 Å². The Balaban J connectivity index is 1.43. The molecule has 6 rings (SSSR count). The van der Waals surface area contributed by atoms with Crippen LogP contribution in [-0.4, -0.2) is 55.3 Å². The van der Waals surface area contributed by atoms with Gasteiger partial charge in [0, 0.05) is 13.1 Å². The monoisotopic (exact) mass is 392 g/mol. The molecule has 0 saturated carbocycles. The van der Waals surface area contributed by atoms with Gasteiger partial charge >= 0.3 is 6.09 Å². The second-order valence-electron chi connectivity index (χ2n) is 8.38. The normalized spacial score (nSPS) is 28.0. The zero-order valence-corrected chi connectivity index (χ0v) is 16.9. The predicted molar refractivity (Wildman–Crippen MR) is 111 cm³/mol. The molecule has 4 heterocycles. The summed E-state index contributed by atoms with van der Waals surface area (Å²) >= 11 is 0. The maximum atomic E-state index is 13.3. The number of hydrogen-bond acceptors (Lipinski definition) is 4. The van der Waals surface area contributed by atoms with Gasteiger partial charge in [0.1, 0.15) is 11.9 Å². The molecule has 0 aromatic heterocycles. The van der Waals surface area contributed by atoms with Crippen LogP contribution in [-0.2, 0) is 11.2 Å². The van der Waals surface area contributed by atoms with Crippen LogP contribution in [0.1, 0.15) is 35.6 Å². The molecule has 29 heavy (non-hydrogen) atoms. The highest BCUT2D eigenvalue weighted by atomic mass is 16.6. The van der Waals surface area contributed by atoms with E-state index in [0.29, 0.717) is 12.5 Å². The molecule has 1 amide bonds. The Labute approximate surface area is 172 Å². The summed E-state index contributed by atoms with van der Waals surface area (Å²) in [6, 6.07) is 16.3. The number of amides is 1. The second kappa shape index (κ2) is 7.71. The van der Waals surface area contributed by atoms with E-state index in [4.69, 9.17) is 9.47 Å². The minimum Gasteiger partial charge on any atom is -0.497 e. The molecule has 152 valence electrons. The Bertz CT molecular complexity index is 874. The number of ether oxygens (including phenoxy) is 2. The van der Waals surface area contributed by atoms with E-state index in [9.17, 15) is 4.79 Å². The van der Waals surface area contributed by atoms with Crippen LogP contribution >= 0.6 is 0 Å². The van der Waals surface area contributed by atoms with Crippen molar-refractivity contribution in [3.63, 3.8) is 0 Å². The van der Waals surface area contributed by atoms with Crippen molar-refractivity contribution in [1.82, 2.24) is 9.80 Å². The van der Waals surface area contributed by atoms with Gasteiger partial charge in [-0.2, -0.15) is 0 Å². The predicted octanol–water partition coefficient (Wildman–Crippen LogP) is 3.87. The molecule has 5 heteroatoms. The van der Waals surface area contributed by atoms with Crippen LogP contribution in [0.4, 0.5) is 4.79 Å². The Morgan fingerprint density at radius 3 is 2.45 bits per heavy atom. The summed E-state index contributed by atoms with van der Waals surface area (Å²) in [6.07, 6.45) is 2.99. The van der Waals surface area contributed by atoms with Crippen molar-refractivity contribution < 1.29 is 14.3 Å². The average molecular weight is 392 g/mol. The van der Waals surface area contributed by atoms with Gasteiger partial charge in [0.2, 0.25) is 0 Å². The molecule has 2 aromatic rings. The summed E-state index contributed by atoms with van der Waals surface area (Å²) in [6.45, 7) is 3.84. The van der Waals surface area contributed by atoms with E-state index in [2.05, 4.69) is 41.3 Å². The van der Waals surface area contributed by atoms with Gasteiger partial charge < -0.3 is 9.47 Å². The number of benzene rings is 2. The first-order valence-electron chi connectivity index (χ1n) is 10.6. The summed E-state index contributed by atoms with van der Waals surface area (Å²) in [5.74, 6) is 1.33. The van der Waals surface area contributed by atoms with Crippen LogP contribution < -0.4 is 4.74 Å². The molecule has 0 aliphatic carbocycles. The molecule has 0 N–H and O–H groups in total. The SMILES string of the molecule is COc1ccc([C@H]2c3ccccc3CCN2C(=O)OC2CN3CCC2CC3)cc1. The Morgan fingerprint density at radius 2 is 1.76 bits per heavy atom. The number of methoxy groups -OCH3 is 1. The fraction of sp³-hybridized carbons (Fsp3) is 0.458. The van der Waals surface area contributed by atoms with Crippen molar-refractivity contribution in [2.75, 3.05) is 33.3 Å². The third-order valence-electron chi connectivity index (χ3n) is 6.80. The summed E-state index contributed by atoms with van der Waals surface area (Å²) in [7, 11) is 1.67. The van der Waals surface area contributed by atoms with Crippen molar-refractivity contribution in [3.05, 3.63) is 65.2 Å². The number of fused-ring (bicyclic) bond motifs is 4. The minimum absolute atomic E-state index is 0.0266. The summed E-state index contributed by atoms with van der Waals surface area (Å²) < 4.78 is 11.4. The smallest absolute Gasteiger partial charge is 0.410 e. The molecule has 0 radical (unpaired) electrons. The molecule has 0 spiro atoms. The maximum absolute atomic E-state index is 13.3. The molecular formula is C24H28N2O3. The zero-order valence-electron chi connectivity index (χ0n) is 16.9. The fourth-order valence-electron chi connectivity index (χ4n) is 5.15. The van der Waals surface area contributed by atoms with Crippen molar-refractivity contribution in [1.29, 1.82) is 0 Å². The van der Waals surface area contributed by atoms with Gasteiger partial charge in [-0.3, -0.25) is 9.80 Å². The second-order valence-corrected chi connectivity index (χ2v) is 8.38. The molecule has 2 atom stereocenters. The van der Waals surface area contributed by atoms with Crippen molar-refractivity contribution in [2.45, 2.75) is 31.4 Å². The average Bonchev–Trinajstić information content (AvgIpc) is 2.79. The minimum atomic E-state index is -0.181. The lowest BCUT2D eigenvalue weighted by atomic mass is 9.86. The van der Waals surface area contributed by atoms with Crippen LogP contribution in [0.5, 0.6) is 5.75 Å². The third-order valence-corrected chi connectivity index (χ3v) is 6.80. The quantitative estimate of drug-likeness (QED) is 0.795. The Morgan fingerprint density at radius 1 is 1.00 bits per heavy atom. The summed E-state index contributed by atoms with van der Waals surface area (Å²) in [5.41, 5.74) is 3.58. The first-order valence-corrected chi connectivity index (χ1v) is 10.6.